The van der Waals surface area contributed by atoms with Crippen molar-refractivity contribution < 1.29 is 19.1 Å². The molecule has 27 heavy (non-hydrogen) atoms. The Kier molecular flexibility index (Phi) is 4.44. The lowest BCUT2D eigenvalue weighted by Gasteiger charge is -2.56. The van der Waals surface area contributed by atoms with Crippen LogP contribution in [0.4, 0.5) is 0 Å². The van der Waals surface area contributed by atoms with Crippen molar-refractivity contribution in [2.24, 2.45) is 28.6 Å². The Morgan fingerprint density at radius 2 is 1.96 bits per heavy atom. The van der Waals surface area contributed by atoms with Crippen molar-refractivity contribution in [2.45, 2.75) is 65.2 Å². The highest BCUT2D eigenvalue weighted by Gasteiger charge is 2.60. The molecule has 5 atom stereocenters. The van der Waals surface area contributed by atoms with E-state index in [1.807, 2.05) is 12.2 Å². The minimum absolute atomic E-state index is 0.0589. The molecule has 0 aromatic carbocycles. The van der Waals surface area contributed by atoms with Crippen molar-refractivity contribution in [3.8, 4) is 0 Å². The second kappa shape index (κ2) is 6.42. The second-order valence-corrected chi connectivity index (χ2v) is 9.45. The molecule has 3 fully saturated rings. The molecule has 0 heterocycles. The van der Waals surface area contributed by atoms with Gasteiger partial charge in [0.25, 0.3) is 0 Å². The summed E-state index contributed by atoms with van der Waals surface area (Å²) in [5, 5.41) is 0. The number of hydrogen-bond donors (Lipinski definition) is 0. The molecule has 0 amide bonds. The van der Waals surface area contributed by atoms with Gasteiger partial charge in [-0.15, -0.1) is 0 Å². The van der Waals surface area contributed by atoms with Gasteiger partial charge in [-0.2, -0.15) is 0 Å². The fourth-order valence-electron chi connectivity index (χ4n) is 6.86. The maximum atomic E-state index is 13.4. The molecule has 0 aromatic heterocycles. The first-order valence-corrected chi connectivity index (χ1v) is 10.3. The highest BCUT2D eigenvalue weighted by molar-refractivity contribution is 5.93. The van der Waals surface area contributed by atoms with Crippen LogP contribution in [0, 0.1) is 28.6 Å². The third-order valence-corrected chi connectivity index (χ3v) is 8.25. The van der Waals surface area contributed by atoms with Gasteiger partial charge in [-0.25, -0.2) is 0 Å². The Balaban J connectivity index is 1.66. The number of rotatable bonds is 2. The smallest absolute Gasteiger partial charge is 0.309 e. The van der Waals surface area contributed by atoms with E-state index >= 15 is 0 Å². The van der Waals surface area contributed by atoms with E-state index in [2.05, 4.69) is 13.8 Å². The number of fused-ring (bicyclic) bond motifs is 5. The van der Waals surface area contributed by atoms with E-state index in [4.69, 9.17) is 4.74 Å². The van der Waals surface area contributed by atoms with E-state index in [9.17, 15) is 14.4 Å². The van der Waals surface area contributed by atoms with E-state index in [0.717, 1.165) is 32.1 Å². The molecule has 4 rings (SSSR count). The van der Waals surface area contributed by atoms with Crippen molar-refractivity contribution in [3.63, 3.8) is 0 Å². The lowest BCUT2D eigenvalue weighted by Crippen LogP contribution is -2.54. The van der Waals surface area contributed by atoms with E-state index in [0.29, 0.717) is 36.9 Å². The van der Waals surface area contributed by atoms with Gasteiger partial charge in [0.1, 0.15) is 5.78 Å². The summed E-state index contributed by atoms with van der Waals surface area (Å²) in [4.78, 5) is 36.9. The summed E-state index contributed by atoms with van der Waals surface area (Å²) < 4.78 is 4.78. The Labute approximate surface area is 161 Å². The maximum Gasteiger partial charge on any atom is 0.309 e. The fourth-order valence-corrected chi connectivity index (χ4v) is 6.86. The summed E-state index contributed by atoms with van der Waals surface area (Å²) in [6.45, 7) is 4.46. The van der Waals surface area contributed by atoms with E-state index in [1.54, 1.807) is 0 Å². The fraction of sp³-hybridized carbons (Fsp3) is 0.696. The van der Waals surface area contributed by atoms with Gasteiger partial charge in [-0.1, -0.05) is 31.1 Å². The molecule has 4 nitrogen and oxygen atoms in total. The van der Waals surface area contributed by atoms with Crippen LogP contribution in [0.2, 0.25) is 0 Å². The number of carbonyl (C=O) groups excluding carboxylic acids is 3. The predicted molar refractivity (Wildman–Crippen MR) is 102 cm³/mol. The minimum atomic E-state index is -0.221. The second-order valence-electron chi connectivity index (χ2n) is 9.45. The average Bonchev–Trinajstić information content (AvgIpc) is 2.95. The Morgan fingerprint density at radius 1 is 1.19 bits per heavy atom. The highest BCUT2D eigenvalue weighted by Crippen LogP contribution is 2.65. The molecule has 0 saturated heterocycles. The van der Waals surface area contributed by atoms with E-state index < -0.39 is 0 Å². The number of esters is 1. The molecule has 0 aliphatic heterocycles. The molecule has 0 radical (unpaired) electrons. The van der Waals surface area contributed by atoms with Crippen LogP contribution in [0.25, 0.3) is 0 Å². The molecule has 3 saturated carbocycles. The molecule has 0 bridgehead atoms. The summed E-state index contributed by atoms with van der Waals surface area (Å²) >= 11 is 0. The zero-order valence-electron chi connectivity index (χ0n) is 16.7. The van der Waals surface area contributed by atoms with Crippen LogP contribution in [0.1, 0.15) is 65.2 Å². The van der Waals surface area contributed by atoms with Crippen molar-refractivity contribution >= 4 is 17.5 Å². The highest BCUT2D eigenvalue weighted by atomic mass is 16.5. The van der Waals surface area contributed by atoms with Crippen LogP contribution in [0.3, 0.4) is 0 Å². The molecule has 0 N–H and O–H groups in total. The van der Waals surface area contributed by atoms with Crippen LogP contribution in [0.5, 0.6) is 0 Å². The summed E-state index contributed by atoms with van der Waals surface area (Å²) in [5.41, 5.74) is 2.24. The molecule has 0 aromatic rings. The Hall–Kier alpha value is -1.71. The van der Waals surface area contributed by atoms with Crippen LogP contribution in [-0.2, 0) is 19.1 Å². The molecule has 4 aliphatic rings. The summed E-state index contributed by atoms with van der Waals surface area (Å²) in [5.74, 6) is 1.33. The molecular formula is C23H30O4. The zero-order valence-corrected chi connectivity index (χ0v) is 16.7. The number of Topliss-reactive ketones (excluding diaryl/α,β-unsaturated/α-hetero) is 1. The van der Waals surface area contributed by atoms with Crippen molar-refractivity contribution in [3.05, 3.63) is 23.3 Å². The normalized spacial score (nSPS) is 42.3. The van der Waals surface area contributed by atoms with Gasteiger partial charge in [0.2, 0.25) is 0 Å². The van der Waals surface area contributed by atoms with Gasteiger partial charge >= 0.3 is 5.97 Å². The van der Waals surface area contributed by atoms with Crippen molar-refractivity contribution in [1.29, 1.82) is 0 Å². The number of methoxy groups -OCH3 is 1. The van der Waals surface area contributed by atoms with Gasteiger partial charge < -0.3 is 4.74 Å². The van der Waals surface area contributed by atoms with Crippen LogP contribution >= 0.6 is 0 Å². The first-order valence-electron chi connectivity index (χ1n) is 10.3. The first-order chi connectivity index (χ1) is 12.8. The topological polar surface area (TPSA) is 60.4 Å². The summed E-state index contributed by atoms with van der Waals surface area (Å²) in [6.07, 6.45) is 10.2. The van der Waals surface area contributed by atoms with E-state index in [1.165, 1.54) is 18.3 Å². The lowest BCUT2D eigenvalue weighted by molar-refractivity contribution is -0.142. The van der Waals surface area contributed by atoms with E-state index in [-0.39, 0.29) is 28.5 Å². The number of carbonyl (C=O) groups is 3. The first kappa shape index (κ1) is 18.6. The minimum Gasteiger partial charge on any atom is -0.469 e. The number of ether oxygens (including phenoxy) is 1. The molecular weight excluding hydrogens is 340 g/mol. The SMILES string of the molecule is COC(=O)CC=C1CC[C@H]2[C@@H]3CCC4=CC(=O)CC[C@]4(C)[C@H]3C(=O)C[C@]12C. The van der Waals surface area contributed by atoms with Gasteiger partial charge in [-0.3, -0.25) is 14.4 Å². The van der Waals surface area contributed by atoms with Gasteiger partial charge in [0, 0.05) is 18.8 Å². The Morgan fingerprint density at radius 3 is 2.70 bits per heavy atom. The number of allylic oxidation sites excluding steroid dienone is 2. The van der Waals surface area contributed by atoms with Gasteiger partial charge in [0.15, 0.2) is 5.78 Å². The summed E-state index contributed by atoms with van der Waals surface area (Å²) in [6, 6.07) is 0. The molecule has 4 aliphatic carbocycles. The molecule has 0 spiro atoms. The van der Waals surface area contributed by atoms with Crippen LogP contribution in [0.15, 0.2) is 23.3 Å². The molecule has 146 valence electrons. The standard InChI is InChI=1S/C23H30O4/c1-22-11-10-16(24)12-15(22)4-7-17-18-8-5-14(6-9-20(26)27-3)23(18,2)13-19(25)21(17)22/h6,12,17-18,21H,4-5,7-11,13H2,1-3H3/t17-,18-,21+,22-,23+/m0/s1. The third-order valence-electron chi connectivity index (χ3n) is 8.25. The molecule has 4 heteroatoms. The number of hydrogen-bond acceptors (Lipinski definition) is 4. The van der Waals surface area contributed by atoms with Crippen molar-refractivity contribution in [2.75, 3.05) is 7.11 Å². The monoisotopic (exact) mass is 370 g/mol. The summed E-state index contributed by atoms with van der Waals surface area (Å²) in [7, 11) is 1.41. The maximum absolute atomic E-state index is 13.4. The van der Waals surface area contributed by atoms with Crippen LogP contribution < -0.4 is 0 Å². The zero-order chi connectivity index (χ0) is 19.4. The largest absolute Gasteiger partial charge is 0.469 e. The van der Waals surface area contributed by atoms with Gasteiger partial charge in [-0.05, 0) is 60.8 Å². The molecule has 0 unspecified atom stereocenters. The third kappa shape index (κ3) is 2.75. The van der Waals surface area contributed by atoms with Gasteiger partial charge in [0.05, 0.1) is 13.5 Å². The number of ketones is 2. The predicted octanol–water partition coefficient (Wildman–Crippen LogP) is 4.19. The Bertz CT molecular complexity index is 760. The quantitative estimate of drug-likeness (QED) is 0.540. The average molecular weight is 370 g/mol. The van der Waals surface area contributed by atoms with Crippen LogP contribution in [-0.4, -0.2) is 24.6 Å². The van der Waals surface area contributed by atoms with Crippen molar-refractivity contribution in [1.82, 2.24) is 0 Å². The lowest BCUT2D eigenvalue weighted by atomic mass is 9.47.